The van der Waals surface area contributed by atoms with E-state index in [2.05, 4.69) is 5.48 Å². The number of nitrogens with one attached hydrogen (secondary N) is 1. The van der Waals surface area contributed by atoms with Crippen molar-refractivity contribution in [2.24, 2.45) is 0 Å². The molecule has 0 amide bonds. The maximum absolute atomic E-state index is 11.0. The third kappa shape index (κ3) is 5.87. The van der Waals surface area contributed by atoms with Crippen LogP contribution in [-0.2, 0) is 16.2 Å². The topological polar surface area (TPSA) is 38.3 Å². The average molecular weight is 252 g/mol. The van der Waals surface area contributed by atoms with Crippen molar-refractivity contribution in [3.63, 3.8) is 0 Å². The number of carbonyl (C=O) groups excluding carboxylic acids is 1. The zero-order valence-corrected chi connectivity index (χ0v) is 9.38. The first kappa shape index (κ1) is 15.9. The van der Waals surface area contributed by atoms with Gasteiger partial charge in [0.15, 0.2) is 0 Å². The molecule has 16 heavy (non-hydrogen) atoms. The van der Waals surface area contributed by atoms with Gasteiger partial charge in [0.2, 0.25) is 0 Å². The molecule has 1 rings (SSSR count). The zero-order valence-electron chi connectivity index (χ0n) is 8.63. The van der Waals surface area contributed by atoms with Gasteiger partial charge in [0, 0.05) is 11.4 Å². The van der Waals surface area contributed by atoms with Crippen molar-refractivity contribution >= 4 is 47.1 Å². The predicted octanol–water partition coefficient (Wildman–Crippen LogP) is 2.04. The molecule has 0 aliphatic heterocycles. The van der Waals surface area contributed by atoms with E-state index in [1.54, 1.807) is 6.07 Å². The Bertz CT molecular complexity index is 334. The van der Waals surface area contributed by atoms with Crippen molar-refractivity contribution in [3.8, 4) is 0 Å². The Labute approximate surface area is 123 Å². The molecule has 84 valence electrons. The van der Waals surface area contributed by atoms with Gasteiger partial charge in [-0.2, -0.15) is 0 Å². The third-order valence-electron chi connectivity index (χ3n) is 1.86. The number of rotatable bonds is 5. The Kier molecular flexibility index (Phi) is 8.99. The van der Waals surface area contributed by atoms with Gasteiger partial charge in [-0.25, -0.2) is 0 Å². The van der Waals surface area contributed by atoms with Crippen molar-refractivity contribution in [2.75, 3.05) is 0 Å². The van der Waals surface area contributed by atoms with Gasteiger partial charge in [0.25, 0.3) is 0 Å². The summed E-state index contributed by atoms with van der Waals surface area (Å²) in [7, 11) is 0. The van der Waals surface area contributed by atoms with Crippen molar-refractivity contribution in [1.29, 1.82) is 0 Å². The molecule has 1 aromatic rings. The Morgan fingerprint density at radius 3 is 2.75 bits per heavy atom. The molecule has 5 heteroatoms. The second kappa shape index (κ2) is 9.02. The molecular formula is C11H15ClNNaO2. The van der Waals surface area contributed by atoms with Crippen LogP contribution in [0.5, 0.6) is 0 Å². The van der Waals surface area contributed by atoms with Gasteiger partial charge < -0.3 is 4.84 Å². The third-order valence-corrected chi connectivity index (χ3v) is 2.23. The molecule has 1 N–H and O–H groups in total. The molecule has 0 atom stereocenters. The van der Waals surface area contributed by atoms with E-state index < -0.39 is 0 Å². The zero-order chi connectivity index (χ0) is 11.1. The summed E-state index contributed by atoms with van der Waals surface area (Å²) < 4.78 is 0. The number of hydroxylamine groups is 1. The second-order valence-electron chi connectivity index (χ2n) is 3.14. The van der Waals surface area contributed by atoms with Gasteiger partial charge in [-0.05, 0) is 18.1 Å². The first-order valence-corrected chi connectivity index (χ1v) is 5.27. The van der Waals surface area contributed by atoms with E-state index in [0.29, 0.717) is 18.0 Å². The summed E-state index contributed by atoms with van der Waals surface area (Å²) in [6.45, 7) is 2.35. The Morgan fingerprint density at radius 2 is 2.12 bits per heavy atom. The van der Waals surface area contributed by atoms with Gasteiger partial charge in [-0.3, -0.25) is 4.79 Å². The normalized spacial score (nSPS) is 9.38. The summed E-state index contributed by atoms with van der Waals surface area (Å²) in [5, 5.41) is 0.663. The summed E-state index contributed by atoms with van der Waals surface area (Å²) in [6.07, 6.45) is 1.21. The molecule has 0 saturated heterocycles. The molecule has 0 fully saturated rings. The number of halogens is 1. The molecule has 0 aromatic heterocycles. The molecule has 0 radical (unpaired) electrons. The fourth-order valence-electron chi connectivity index (χ4n) is 1.09. The van der Waals surface area contributed by atoms with Gasteiger partial charge in [0.1, 0.15) is 0 Å². The molecule has 0 bridgehead atoms. The van der Waals surface area contributed by atoms with Crippen LogP contribution in [0.1, 0.15) is 25.3 Å². The van der Waals surface area contributed by atoms with Crippen LogP contribution in [0.3, 0.4) is 0 Å². The molecule has 1 aromatic carbocycles. The van der Waals surface area contributed by atoms with E-state index in [1.807, 2.05) is 25.1 Å². The van der Waals surface area contributed by atoms with Crippen LogP contribution in [0, 0.1) is 0 Å². The fraction of sp³-hybridized carbons (Fsp3) is 0.364. The van der Waals surface area contributed by atoms with Crippen LogP contribution in [0.25, 0.3) is 0 Å². The second-order valence-corrected chi connectivity index (χ2v) is 3.54. The van der Waals surface area contributed by atoms with Crippen molar-refractivity contribution < 1.29 is 9.63 Å². The minimum absolute atomic E-state index is 0. The van der Waals surface area contributed by atoms with E-state index >= 15 is 0 Å². The minimum atomic E-state index is -0.246. The van der Waals surface area contributed by atoms with Gasteiger partial charge in [-0.1, -0.05) is 36.7 Å². The Balaban J connectivity index is 0.00000225. The van der Waals surface area contributed by atoms with E-state index in [9.17, 15) is 4.79 Å². The Hall–Kier alpha value is -0.0600. The average Bonchev–Trinajstić information content (AvgIpc) is 2.21. The van der Waals surface area contributed by atoms with Crippen molar-refractivity contribution in [2.45, 2.75) is 26.3 Å². The summed E-state index contributed by atoms with van der Waals surface area (Å²) in [5.74, 6) is -0.246. The summed E-state index contributed by atoms with van der Waals surface area (Å²) in [6, 6.07) is 7.42. The van der Waals surface area contributed by atoms with Crippen LogP contribution in [0.4, 0.5) is 0 Å². The van der Waals surface area contributed by atoms with Crippen LogP contribution in [0.15, 0.2) is 24.3 Å². The fourth-order valence-corrected chi connectivity index (χ4v) is 1.29. The molecule has 3 nitrogen and oxygen atoms in total. The van der Waals surface area contributed by atoms with E-state index in [4.69, 9.17) is 16.4 Å². The van der Waals surface area contributed by atoms with Gasteiger partial charge in [0.05, 0.1) is 6.54 Å². The van der Waals surface area contributed by atoms with E-state index in [1.165, 1.54) is 0 Å². The predicted molar refractivity (Wildman–Crippen MR) is 66.4 cm³/mol. The summed E-state index contributed by atoms with van der Waals surface area (Å²) >= 11 is 5.92. The van der Waals surface area contributed by atoms with Crippen molar-refractivity contribution in [3.05, 3.63) is 34.9 Å². The maximum atomic E-state index is 11.0. The first-order valence-electron chi connectivity index (χ1n) is 4.90. The van der Waals surface area contributed by atoms with Crippen molar-refractivity contribution in [1.82, 2.24) is 5.48 Å². The standard InChI is InChI=1S/C11H14ClNO2.Na.H/c1-2-5-11(14)15-13-8-9-6-3-4-7-10(9)12;;/h3-4,6-7,13H,2,5,8H2,1H3;;. The van der Waals surface area contributed by atoms with E-state index in [0.717, 1.165) is 12.0 Å². The molecule has 0 aliphatic rings. The summed E-state index contributed by atoms with van der Waals surface area (Å²) in [4.78, 5) is 15.8. The molecule has 0 aliphatic carbocycles. The number of carbonyl (C=O) groups is 1. The molecule has 0 spiro atoms. The monoisotopic (exact) mass is 251 g/mol. The first-order chi connectivity index (χ1) is 7.24. The van der Waals surface area contributed by atoms with Gasteiger partial charge >= 0.3 is 35.5 Å². The summed E-state index contributed by atoms with van der Waals surface area (Å²) in [5.41, 5.74) is 3.50. The van der Waals surface area contributed by atoms with Crippen LogP contribution < -0.4 is 5.48 Å². The van der Waals surface area contributed by atoms with Gasteiger partial charge in [-0.15, -0.1) is 5.48 Å². The number of benzene rings is 1. The van der Waals surface area contributed by atoms with Crippen LogP contribution in [-0.4, -0.2) is 35.5 Å². The van der Waals surface area contributed by atoms with Crippen LogP contribution >= 0.6 is 11.6 Å². The molecule has 0 unspecified atom stereocenters. The quantitative estimate of drug-likeness (QED) is 0.643. The SMILES string of the molecule is CCCC(=O)ONCc1ccccc1Cl.[NaH]. The Morgan fingerprint density at radius 1 is 1.44 bits per heavy atom. The number of hydrogen-bond acceptors (Lipinski definition) is 3. The molecule has 0 saturated carbocycles. The number of hydrogen-bond donors (Lipinski definition) is 1. The van der Waals surface area contributed by atoms with Crippen LogP contribution in [0.2, 0.25) is 5.02 Å². The molecule has 0 heterocycles. The van der Waals surface area contributed by atoms with E-state index in [-0.39, 0.29) is 35.5 Å². The molecular weight excluding hydrogens is 237 g/mol.